The fraction of sp³-hybridized carbons (Fsp3) is 0.440. The Hall–Kier alpha value is -2.92. The lowest BCUT2D eigenvalue weighted by Gasteiger charge is -2.45. The van der Waals surface area contributed by atoms with Crippen molar-refractivity contribution in [1.29, 1.82) is 0 Å². The number of amides is 2. The molecule has 4 rings (SSSR count). The number of imide groups is 1. The van der Waals surface area contributed by atoms with Gasteiger partial charge in [0.1, 0.15) is 0 Å². The van der Waals surface area contributed by atoms with Crippen molar-refractivity contribution in [2.75, 3.05) is 13.2 Å². The third kappa shape index (κ3) is 5.12. The van der Waals surface area contributed by atoms with E-state index in [0.29, 0.717) is 25.0 Å². The first-order valence-corrected chi connectivity index (χ1v) is 11.3. The maximum absolute atomic E-state index is 13.3. The van der Waals surface area contributed by atoms with Gasteiger partial charge < -0.3 is 10.1 Å². The second kappa shape index (κ2) is 9.19. The van der Waals surface area contributed by atoms with Crippen LogP contribution in [0.5, 0.6) is 0 Å². The third-order valence-corrected chi connectivity index (χ3v) is 7.01. The number of carbonyl (C=O) groups excluding carboxylic acids is 2. The summed E-state index contributed by atoms with van der Waals surface area (Å²) in [5.41, 5.74) is -4.04. The third-order valence-electron chi connectivity index (χ3n) is 7.01. The minimum Gasteiger partial charge on any atom is -0.372 e. The SMILES string of the molecule is CC(OC[C@@]1(c2ccccc2)CC[C@@]2(CN1)CC(=O)NC2=O)c1cc(C(F)(F)F)cc(C(F)(F)F)c1. The lowest BCUT2D eigenvalue weighted by Crippen LogP contribution is -2.57. The molecule has 2 fully saturated rings. The molecule has 2 saturated heterocycles. The maximum Gasteiger partial charge on any atom is 0.416 e. The highest BCUT2D eigenvalue weighted by molar-refractivity contribution is 6.06. The second-order valence-electron chi connectivity index (χ2n) is 9.43. The predicted molar refractivity (Wildman–Crippen MR) is 116 cm³/mol. The van der Waals surface area contributed by atoms with Gasteiger partial charge in [-0.1, -0.05) is 30.3 Å². The second-order valence-corrected chi connectivity index (χ2v) is 9.43. The highest BCUT2D eigenvalue weighted by Crippen LogP contribution is 2.43. The lowest BCUT2D eigenvalue weighted by molar-refractivity contribution is -0.143. The summed E-state index contributed by atoms with van der Waals surface area (Å²) < 4.78 is 85.6. The Morgan fingerprint density at radius 2 is 1.56 bits per heavy atom. The maximum atomic E-state index is 13.3. The molecule has 5 nitrogen and oxygen atoms in total. The van der Waals surface area contributed by atoms with E-state index >= 15 is 0 Å². The quantitative estimate of drug-likeness (QED) is 0.430. The van der Waals surface area contributed by atoms with Crippen LogP contribution in [-0.4, -0.2) is 25.0 Å². The predicted octanol–water partition coefficient (Wildman–Crippen LogP) is 5.11. The minimum atomic E-state index is -4.96. The van der Waals surface area contributed by atoms with Crippen molar-refractivity contribution in [2.24, 2.45) is 5.41 Å². The largest absolute Gasteiger partial charge is 0.416 e. The molecular weight excluding hydrogens is 490 g/mol. The molecule has 0 radical (unpaired) electrons. The van der Waals surface area contributed by atoms with Crippen molar-refractivity contribution in [3.8, 4) is 0 Å². The summed E-state index contributed by atoms with van der Waals surface area (Å²) in [6.07, 6.45) is -10.2. The molecule has 0 bridgehead atoms. The Morgan fingerprint density at radius 1 is 0.944 bits per heavy atom. The first kappa shape index (κ1) is 26.2. The van der Waals surface area contributed by atoms with Gasteiger partial charge in [-0.05, 0) is 49.1 Å². The van der Waals surface area contributed by atoms with Crippen LogP contribution in [-0.2, 0) is 32.2 Å². The smallest absolute Gasteiger partial charge is 0.372 e. The zero-order chi connectivity index (χ0) is 26.4. The van der Waals surface area contributed by atoms with Gasteiger partial charge in [-0.3, -0.25) is 14.9 Å². The van der Waals surface area contributed by atoms with Gasteiger partial charge >= 0.3 is 12.4 Å². The van der Waals surface area contributed by atoms with E-state index < -0.39 is 40.5 Å². The molecular formula is C25H24F6N2O3. The van der Waals surface area contributed by atoms with Gasteiger partial charge in [0.05, 0.1) is 34.8 Å². The Labute approximate surface area is 203 Å². The molecule has 11 heteroatoms. The molecule has 0 aromatic heterocycles. The van der Waals surface area contributed by atoms with Crippen molar-refractivity contribution in [1.82, 2.24) is 10.6 Å². The normalized spacial score (nSPS) is 25.8. The zero-order valence-corrected chi connectivity index (χ0v) is 19.2. The van der Waals surface area contributed by atoms with Crippen LogP contribution in [0.3, 0.4) is 0 Å². The van der Waals surface area contributed by atoms with Gasteiger partial charge in [0, 0.05) is 13.0 Å². The van der Waals surface area contributed by atoms with Crippen LogP contribution in [0.1, 0.15) is 54.5 Å². The summed E-state index contributed by atoms with van der Waals surface area (Å²) in [6, 6.07) is 10.4. The summed E-state index contributed by atoms with van der Waals surface area (Å²) >= 11 is 0. The molecule has 1 unspecified atom stereocenters. The number of benzene rings is 2. The summed E-state index contributed by atoms with van der Waals surface area (Å²) in [5.74, 6) is -0.719. The fourth-order valence-electron chi connectivity index (χ4n) is 4.79. The zero-order valence-electron chi connectivity index (χ0n) is 19.2. The lowest BCUT2D eigenvalue weighted by atomic mass is 9.71. The molecule has 2 N–H and O–H groups in total. The first-order chi connectivity index (χ1) is 16.7. The molecule has 0 saturated carbocycles. The van der Waals surface area contributed by atoms with Gasteiger partial charge in [0.15, 0.2) is 0 Å². The molecule has 2 heterocycles. The van der Waals surface area contributed by atoms with Crippen LogP contribution in [0.25, 0.3) is 0 Å². The number of nitrogens with one attached hydrogen (secondary N) is 2. The van der Waals surface area contributed by atoms with Crippen molar-refractivity contribution in [3.05, 3.63) is 70.8 Å². The molecule has 36 heavy (non-hydrogen) atoms. The van der Waals surface area contributed by atoms with Crippen molar-refractivity contribution in [2.45, 2.75) is 50.2 Å². The average Bonchev–Trinajstić information content (AvgIpc) is 3.10. The molecule has 2 aliphatic rings. The van der Waals surface area contributed by atoms with E-state index in [9.17, 15) is 35.9 Å². The van der Waals surface area contributed by atoms with E-state index in [4.69, 9.17) is 4.74 Å². The Balaban J connectivity index is 1.59. The first-order valence-electron chi connectivity index (χ1n) is 11.3. The molecule has 194 valence electrons. The summed E-state index contributed by atoms with van der Waals surface area (Å²) in [4.78, 5) is 24.2. The highest BCUT2D eigenvalue weighted by atomic mass is 19.4. The van der Waals surface area contributed by atoms with Crippen LogP contribution >= 0.6 is 0 Å². The van der Waals surface area contributed by atoms with E-state index in [2.05, 4.69) is 10.6 Å². The van der Waals surface area contributed by atoms with Crippen LogP contribution in [0.15, 0.2) is 48.5 Å². The number of ether oxygens (including phenoxy) is 1. The minimum absolute atomic E-state index is 0.0470. The number of piperidine rings is 1. The highest BCUT2D eigenvalue weighted by Gasteiger charge is 2.52. The Kier molecular flexibility index (Phi) is 6.67. The number of rotatable bonds is 5. The molecule has 0 aliphatic carbocycles. The monoisotopic (exact) mass is 514 g/mol. The van der Waals surface area contributed by atoms with Crippen molar-refractivity contribution in [3.63, 3.8) is 0 Å². The van der Waals surface area contributed by atoms with Gasteiger partial charge in [0.25, 0.3) is 0 Å². The molecule has 2 aliphatic heterocycles. The number of carbonyl (C=O) groups is 2. The summed E-state index contributed by atoms with van der Waals surface area (Å²) in [6.45, 7) is 1.47. The molecule has 2 aromatic carbocycles. The van der Waals surface area contributed by atoms with E-state index in [0.717, 1.165) is 5.56 Å². The Bertz CT molecular complexity index is 1110. The number of hydrogen-bond acceptors (Lipinski definition) is 4. The van der Waals surface area contributed by atoms with Crippen LogP contribution in [0.4, 0.5) is 26.3 Å². The van der Waals surface area contributed by atoms with Gasteiger partial charge in [-0.15, -0.1) is 0 Å². The average molecular weight is 514 g/mol. The summed E-state index contributed by atoms with van der Waals surface area (Å²) in [5, 5.41) is 5.63. The standard InChI is InChI=1S/C25H24F6N2O3/c1-15(16-9-18(24(26,27)28)11-19(10-16)25(29,30)31)36-14-23(17-5-3-2-4-6-17)8-7-22(13-32-23)12-20(34)33-21(22)35/h2-6,9-11,15,32H,7-8,12-14H2,1H3,(H,33,34,35)/t15?,22-,23+/m0/s1. The van der Waals surface area contributed by atoms with E-state index in [-0.39, 0.29) is 43.0 Å². The molecule has 2 aromatic rings. The van der Waals surface area contributed by atoms with Gasteiger partial charge in [-0.25, -0.2) is 0 Å². The van der Waals surface area contributed by atoms with Crippen molar-refractivity contribution < 1.29 is 40.7 Å². The van der Waals surface area contributed by atoms with E-state index in [1.807, 2.05) is 12.1 Å². The number of halogens is 6. The van der Waals surface area contributed by atoms with Crippen LogP contribution in [0.2, 0.25) is 0 Å². The Morgan fingerprint density at radius 3 is 2.03 bits per heavy atom. The van der Waals surface area contributed by atoms with E-state index in [1.54, 1.807) is 18.2 Å². The topological polar surface area (TPSA) is 67.4 Å². The van der Waals surface area contributed by atoms with Crippen molar-refractivity contribution >= 4 is 11.8 Å². The number of alkyl halides is 6. The van der Waals surface area contributed by atoms with Crippen LogP contribution < -0.4 is 10.6 Å². The van der Waals surface area contributed by atoms with Crippen LogP contribution in [0, 0.1) is 5.41 Å². The van der Waals surface area contributed by atoms with E-state index in [1.165, 1.54) is 6.92 Å². The number of hydrogen-bond donors (Lipinski definition) is 2. The van der Waals surface area contributed by atoms with Gasteiger partial charge in [-0.2, -0.15) is 26.3 Å². The fourth-order valence-corrected chi connectivity index (χ4v) is 4.79. The molecule has 1 spiro atoms. The molecule has 2 amide bonds. The summed E-state index contributed by atoms with van der Waals surface area (Å²) in [7, 11) is 0. The van der Waals surface area contributed by atoms with Gasteiger partial charge in [0.2, 0.25) is 11.8 Å². The molecule has 3 atom stereocenters.